The van der Waals surface area contributed by atoms with Crippen LogP contribution in [-0.2, 0) is 10.2 Å². The SMILES string of the molecule is COc1cc2c(cc1OC)C1(CC1c1ccc3c(I)[nH]nc3c1)C(=O)N2. The lowest BCUT2D eigenvalue weighted by Crippen LogP contribution is -2.21. The number of nitrogens with one attached hydrogen (secondary N) is 2. The first kappa shape index (κ1) is 15.9. The quantitative estimate of drug-likeness (QED) is 0.585. The lowest BCUT2D eigenvalue weighted by atomic mass is 9.91. The average Bonchev–Trinajstić information content (AvgIpc) is 3.23. The number of halogens is 1. The van der Waals surface area contributed by atoms with E-state index in [0.717, 1.165) is 37.8 Å². The van der Waals surface area contributed by atoms with E-state index in [1.807, 2.05) is 12.1 Å². The molecule has 5 rings (SSSR count). The molecule has 7 heteroatoms. The Hall–Kier alpha value is -2.29. The van der Waals surface area contributed by atoms with Crippen LogP contribution in [0, 0.1) is 3.70 Å². The Balaban J connectivity index is 1.60. The number of anilines is 1. The Morgan fingerprint density at radius 2 is 1.96 bits per heavy atom. The van der Waals surface area contributed by atoms with Crippen LogP contribution in [0.1, 0.15) is 23.5 Å². The molecule has 1 aromatic heterocycles. The average molecular weight is 461 g/mol. The van der Waals surface area contributed by atoms with Gasteiger partial charge in [-0.05, 0) is 58.3 Å². The number of rotatable bonds is 3. The summed E-state index contributed by atoms with van der Waals surface area (Å²) in [6, 6.07) is 10.0. The van der Waals surface area contributed by atoms with Gasteiger partial charge in [-0.25, -0.2) is 0 Å². The molecule has 0 saturated heterocycles. The maximum Gasteiger partial charge on any atom is 0.235 e. The number of aromatic amines is 1. The lowest BCUT2D eigenvalue weighted by molar-refractivity contribution is -0.118. The Labute approximate surface area is 163 Å². The minimum absolute atomic E-state index is 0.0458. The molecule has 2 unspecified atom stereocenters. The Bertz CT molecular complexity index is 1080. The summed E-state index contributed by atoms with van der Waals surface area (Å²) in [6.07, 6.45) is 0.786. The van der Waals surface area contributed by atoms with E-state index in [0.29, 0.717) is 11.5 Å². The number of fused-ring (bicyclic) bond motifs is 3. The number of aromatic nitrogens is 2. The molecular formula is C19H16IN3O3. The molecule has 26 heavy (non-hydrogen) atoms. The molecular weight excluding hydrogens is 445 g/mol. The lowest BCUT2D eigenvalue weighted by Gasteiger charge is -2.12. The minimum atomic E-state index is -0.522. The number of amides is 1. The van der Waals surface area contributed by atoms with Crippen LogP contribution in [0.3, 0.4) is 0 Å². The van der Waals surface area contributed by atoms with E-state index in [2.05, 4.69) is 56.3 Å². The normalized spacial score (nSPS) is 23.2. The molecule has 1 saturated carbocycles. The summed E-state index contributed by atoms with van der Waals surface area (Å²) in [7, 11) is 3.20. The van der Waals surface area contributed by atoms with Crippen molar-refractivity contribution in [3.8, 4) is 11.5 Å². The van der Waals surface area contributed by atoms with Crippen molar-refractivity contribution in [1.29, 1.82) is 0 Å². The molecule has 2 aliphatic rings. The van der Waals surface area contributed by atoms with Crippen molar-refractivity contribution in [3.63, 3.8) is 0 Å². The molecule has 1 aliphatic heterocycles. The summed E-state index contributed by atoms with van der Waals surface area (Å²) in [5, 5.41) is 11.5. The predicted molar refractivity (Wildman–Crippen MR) is 106 cm³/mol. The summed E-state index contributed by atoms with van der Waals surface area (Å²) in [6.45, 7) is 0. The number of hydrogen-bond acceptors (Lipinski definition) is 4. The topological polar surface area (TPSA) is 76.2 Å². The molecule has 2 aromatic carbocycles. The maximum atomic E-state index is 12.9. The van der Waals surface area contributed by atoms with Crippen molar-refractivity contribution >= 4 is 45.1 Å². The highest BCUT2D eigenvalue weighted by Gasteiger charge is 2.65. The van der Waals surface area contributed by atoms with Gasteiger partial charge in [0.15, 0.2) is 11.5 Å². The number of benzene rings is 2. The first-order valence-corrected chi connectivity index (χ1v) is 9.38. The predicted octanol–water partition coefficient (Wildman–Crippen LogP) is 3.56. The van der Waals surface area contributed by atoms with Gasteiger partial charge in [-0.3, -0.25) is 9.89 Å². The second-order valence-electron chi connectivity index (χ2n) is 6.75. The van der Waals surface area contributed by atoms with Crippen LogP contribution in [0.25, 0.3) is 10.9 Å². The number of hydrogen-bond donors (Lipinski definition) is 2. The van der Waals surface area contributed by atoms with E-state index in [1.54, 1.807) is 14.2 Å². The molecule has 2 N–H and O–H groups in total. The first-order chi connectivity index (χ1) is 12.6. The number of methoxy groups -OCH3 is 2. The first-order valence-electron chi connectivity index (χ1n) is 8.30. The fraction of sp³-hybridized carbons (Fsp3) is 0.263. The Kier molecular flexibility index (Phi) is 3.28. The minimum Gasteiger partial charge on any atom is -0.493 e. The molecule has 0 bridgehead atoms. The molecule has 1 amide bonds. The molecule has 1 spiro atoms. The smallest absolute Gasteiger partial charge is 0.235 e. The van der Waals surface area contributed by atoms with Crippen LogP contribution in [0.5, 0.6) is 11.5 Å². The van der Waals surface area contributed by atoms with E-state index in [9.17, 15) is 4.79 Å². The van der Waals surface area contributed by atoms with E-state index in [1.165, 1.54) is 0 Å². The second-order valence-corrected chi connectivity index (χ2v) is 7.83. The molecule has 6 nitrogen and oxygen atoms in total. The van der Waals surface area contributed by atoms with E-state index < -0.39 is 5.41 Å². The fourth-order valence-electron chi connectivity index (χ4n) is 4.13. The van der Waals surface area contributed by atoms with Crippen molar-refractivity contribution in [1.82, 2.24) is 10.2 Å². The highest BCUT2D eigenvalue weighted by Crippen LogP contribution is 2.66. The zero-order chi connectivity index (χ0) is 18.1. The zero-order valence-electron chi connectivity index (χ0n) is 14.2. The van der Waals surface area contributed by atoms with Crippen LogP contribution in [0.15, 0.2) is 30.3 Å². The van der Waals surface area contributed by atoms with Gasteiger partial charge in [0.05, 0.1) is 25.2 Å². The highest BCUT2D eigenvalue weighted by molar-refractivity contribution is 14.1. The fourth-order valence-corrected chi connectivity index (χ4v) is 4.71. The summed E-state index contributed by atoms with van der Waals surface area (Å²) in [5.74, 6) is 1.45. The molecule has 0 radical (unpaired) electrons. The monoisotopic (exact) mass is 461 g/mol. The Morgan fingerprint density at radius 3 is 2.73 bits per heavy atom. The zero-order valence-corrected chi connectivity index (χ0v) is 16.4. The van der Waals surface area contributed by atoms with Crippen LogP contribution in [-0.4, -0.2) is 30.3 Å². The van der Waals surface area contributed by atoms with Gasteiger partial charge < -0.3 is 14.8 Å². The van der Waals surface area contributed by atoms with Gasteiger partial charge in [0.25, 0.3) is 0 Å². The van der Waals surface area contributed by atoms with Crippen molar-refractivity contribution < 1.29 is 14.3 Å². The summed E-state index contributed by atoms with van der Waals surface area (Å²) < 4.78 is 11.8. The van der Waals surface area contributed by atoms with Gasteiger partial charge in [-0.1, -0.05) is 6.07 Å². The van der Waals surface area contributed by atoms with E-state index >= 15 is 0 Å². The van der Waals surface area contributed by atoms with Gasteiger partial charge in [0.2, 0.25) is 5.91 Å². The van der Waals surface area contributed by atoms with Crippen molar-refractivity contribution in [2.24, 2.45) is 0 Å². The third-order valence-corrected chi connectivity index (χ3v) is 6.38. The summed E-state index contributed by atoms with van der Waals surface area (Å²) >= 11 is 2.24. The molecule has 3 aromatic rings. The largest absolute Gasteiger partial charge is 0.493 e. The van der Waals surface area contributed by atoms with Crippen molar-refractivity contribution in [2.75, 3.05) is 19.5 Å². The summed E-state index contributed by atoms with van der Waals surface area (Å²) in [5.41, 5.74) is 3.34. The molecule has 2 atom stereocenters. The number of nitrogens with zero attached hydrogens (tertiary/aromatic N) is 1. The second kappa shape index (κ2) is 5.35. The molecule has 2 heterocycles. The van der Waals surface area contributed by atoms with Gasteiger partial charge in [0.1, 0.15) is 3.70 Å². The van der Waals surface area contributed by atoms with Gasteiger partial charge in [0, 0.05) is 23.1 Å². The number of H-pyrrole nitrogens is 1. The third kappa shape index (κ3) is 1.97. The van der Waals surface area contributed by atoms with Crippen molar-refractivity contribution in [2.45, 2.75) is 17.8 Å². The van der Waals surface area contributed by atoms with Crippen LogP contribution in [0.4, 0.5) is 5.69 Å². The standard InChI is InChI=1S/C19H16IN3O3/c1-25-15-6-11-14(7-16(15)26-2)21-18(24)19(11)8-12(19)9-3-4-10-13(5-9)22-23-17(10)20/h3-7,12H,8H2,1-2H3,(H,21,24)(H,22,23). The maximum absolute atomic E-state index is 12.9. The Morgan fingerprint density at radius 1 is 1.19 bits per heavy atom. The molecule has 1 fully saturated rings. The third-order valence-electron chi connectivity index (χ3n) is 5.55. The number of carbonyl (C=O) groups is 1. The van der Waals surface area contributed by atoms with Crippen LogP contribution < -0.4 is 14.8 Å². The highest BCUT2D eigenvalue weighted by atomic mass is 127. The van der Waals surface area contributed by atoms with Crippen LogP contribution in [0.2, 0.25) is 0 Å². The van der Waals surface area contributed by atoms with E-state index in [-0.39, 0.29) is 11.8 Å². The summed E-state index contributed by atoms with van der Waals surface area (Å²) in [4.78, 5) is 12.9. The van der Waals surface area contributed by atoms with Gasteiger partial charge in [-0.2, -0.15) is 5.10 Å². The van der Waals surface area contributed by atoms with Crippen LogP contribution >= 0.6 is 22.6 Å². The molecule has 132 valence electrons. The van der Waals surface area contributed by atoms with Crippen molar-refractivity contribution in [3.05, 3.63) is 45.2 Å². The number of ether oxygens (including phenoxy) is 2. The number of carbonyl (C=O) groups excluding carboxylic acids is 1. The van der Waals surface area contributed by atoms with Gasteiger partial charge >= 0.3 is 0 Å². The van der Waals surface area contributed by atoms with E-state index in [4.69, 9.17) is 9.47 Å². The molecule has 1 aliphatic carbocycles. The van der Waals surface area contributed by atoms with Gasteiger partial charge in [-0.15, -0.1) is 0 Å².